The molecular weight excluding hydrogens is 350 g/mol. The van der Waals surface area contributed by atoms with Crippen molar-refractivity contribution >= 4 is 33.7 Å². The molecule has 1 aromatic carbocycles. The molecule has 1 atom stereocenters. The first kappa shape index (κ1) is 19.0. The Labute approximate surface area is 145 Å². The lowest BCUT2D eigenvalue weighted by atomic mass is 9.74. The quantitative estimate of drug-likeness (QED) is 0.270. The number of nitrogens with one attached hydrogen (secondary N) is 1. The lowest BCUT2D eigenvalue weighted by Gasteiger charge is -2.31. The summed E-state index contributed by atoms with van der Waals surface area (Å²) >= 11 is 0. The molecule has 0 fully saturated rings. The van der Waals surface area contributed by atoms with E-state index in [1.165, 1.54) is 6.07 Å². The van der Waals surface area contributed by atoms with Crippen LogP contribution in [0.3, 0.4) is 0 Å². The third kappa shape index (κ3) is 3.83. The zero-order valence-corrected chi connectivity index (χ0v) is 14.6. The summed E-state index contributed by atoms with van der Waals surface area (Å²) in [4.78, 5) is 11.9. The summed E-state index contributed by atoms with van der Waals surface area (Å²) in [6.07, 6.45) is 1.58. The van der Waals surface area contributed by atoms with Gasteiger partial charge < -0.3 is 10.9 Å². The number of anilines is 2. The van der Waals surface area contributed by atoms with Gasteiger partial charge in [0.25, 0.3) is 10.2 Å². The monoisotopic (exact) mass is 371 g/mol. The van der Waals surface area contributed by atoms with Gasteiger partial charge in [0.15, 0.2) is 0 Å². The molecule has 10 nitrogen and oxygen atoms in total. The highest BCUT2D eigenvalue weighted by Gasteiger charge is 2.39. The van der Waals surface area contributed by atoms with Gasteiger partial charge in [-0.3, -0.25) is 19.8 Å². The molecule has 1 unspecified atom stereocenters. The molecule has 0 radical (unpaired) electrons. The number of nitrogens with zero attached hydrogens (tertiary/aromatic N) is 2. The molecule has 1 aliphatic rings. The minimum Gasteiger partial charge on any atom is -0.411 e. The van der Waals surface area contributed by atoms with Crippen LogP contribution in [0.4, 0.5) is 11.4 Å². The van der Waals surface area contributed by atoms with Crippen molar-refractivity contribution in [1.29, 1.82) is 0 Å². The minimum absolute atomic E-state index is 0.170. The molecule has 0 aliphatic carbocycles. The summed E-state index contributed by atoms with van der Waals surface area (Å²) in [5.41, 5.74) is 5.91. The number of hydrogen-bond acceptors (Lipinski definition) is 7. The second-order valence-electron chi connectivity index (χ2n) is 6.42. The van der Waals surface area contributed by atoms with Gasteiger partial charge in [0.05, 0.1) is 23.0 Å². The van der Waals surface area contributed by atoms with Crippen LogP contribution in [-0.4, -0.2) is 37.5 Å². The molecule has 0 saturated heterocycles. The first-order valence-electron chi connectivity index (χ1n) is 7.38. The number of fused-ring (bicyclic) bond motifs is 1. The number of rotatable bonds is 6. The standard InChI is InChI=1S/C14H21N5O5S/c1-14(2,13(15)20)11(7-17-21)10-6-9(18-25(16,23)24)5-8-3-4-19(22)12(8)10/h5-7,11,18,21-22H,3-4H2,1-2H3,(H2,15,20)(H2,16,23,24). The van der Waals surface area contributed by atoms with Crippen molar-refractivity contribution in [2.75, 3.05) is 16.3 Å². The average molecular weight is 371 g/mol. The summed E-state index contributed by atoms with van der Waals surface area (Å²) in [5, 5.41) is 28.2. The number of carbonyl (C=O) groups is 1. The fourth-order valence-electron chi connectivity index (χ4n) is 2.90. The van der Waals surface area contributed by atoms with Gasteiger partial charge in [-0.15, -0.1) is 5.16 Å². The van der Waals surface area contributed by atoms with Crippen molar-refractivity contribution < 1.29 is 23.6 Å². The van der Waals surface area contributed by atoms with Crippen molar-refractivity contribution in [2.45, 2.75) is 26.2 Å². The van der Waals surface area contributed by atoms with Crippen LogP contribution in [0.25, 0.3) is 0 Å². The van der Waals surface area contributed by atoms with Crippen molar-refractivity contribution in [3.63, 3.8) is 0 Å². The van der Waals surface area contributed by atoms with Crippen LogP contribution < -0.4 is 20.7 Å². The van der Waals surface area contributed by atoms with Crippen LogP contribution in [0.5, 0.6) is 0 Å². The van der Waals surface area contributed by atoms with Crippen LogP contribution in [0.1, 0.15) is 30.9 Å². The second kappa shape index (κ2) is 6.50. The summed E-state index contributed by atoms with van der Waals surface area (Å²) in [7, 11) is -4.02. The summed E-state index contributed by atoms with van der Waals surface area (Å²) < 4.78 is 24.9. The van der Waals surface area contributed by atoms with Crippen molar-refractivity contribution in [2.24, 2.45) is 21.4 Å². The minimum atomic E-state index is -4.02. The maximum Gasteiger partial charge on any atom is 0.296 e. The zero-order chi connectivity index (χ0) is 19.0. The molecule has 0 saturated carbocycles. The fourth-order valence-corrected chi connectivity index (χ4v) is 3.34. The Morgan fingerprint density at radius 1 is 1.48 bits per heavy atom. The Morgan fingerprint density at radius 2 is 2.12 bits per heavy atom. The van der Waals surface area contributed by atoms with E-state index in [9.17, 15) is 18.4 Å². The van der Waals surface area contributed by atoms with Crippen LogP contribution in [0.15, 0.2) is 17.3 Å². The van der Waals surface area contributed by atoms with E-state index >= 15 is 0 Å². The van der Waals surface area contributed by atoms with Gasteiger partial charge in [-0.05, 0) is 29.7 Å². The predicted octanol–water partition coefficient (Wildman–Crippen LogP) is 0.109. The number of hydroxylamine groups is 1. The maximum absolute atomic E-state index is 11.9. The number of amides is 1. The fraction of sp³-hybridized carbons (Fsp3) is 0.429. The summed E-state index contributed by atoms with van der Waals surface area (Å²) in [6, 6.07) is 2.97. The molecule has 11 heteroatoms. The highest BCUT2D eigenvalue weighted by atomic mass is 32.2. The molecule has 138 valence electrons. The van der Waals surface area contributed by atoms with Gasteiger partial charge >= 0.3 is 0 Å². The highest BCUT2D eigenvalue weighted by molar-refractivity contribution is 7.90. The number of benzene rings is 1. The largest absolute Gasteiger partial charge is 0.411 e. The van der Waals surface area contributed by atoms with Crippen molar-refractivity contribution in [3.05, 3.63) is 23.3 Å². The zero-order valence-electron chi connectivity index (χ0n) is 13.8. The summed E-state index contributed by atoms with van der Waals surface area (Å²) in [5.74, 6) is -1.47. The molecule has 2 rings (SSSR count). The molecule has 1 aromatic rings. The van der Waals surface area contributed by atoms with Crippen LogP contribution in [0.2, 0.25) is 0 Å². The van der Waals surface area contributed by atoms with E-state index in [4.69, 9.17) is 16.1 Å². The second-order valence-corrected chi connectivity index (χ2v) is 7.72. The molecule has 0 bridgehead atoms. The van der Waals surface area contributed by atoms with Crippen molar-refractivity contribution in [1.82, 2.24) is 0 Å². The SMILES string of the molecule is CC(C)(C(N)=O)C(C=NO)c1cc(NS(N)(=O)=O)cc2c1N(O)CC2. The van der Waals surface area contributed by atoms with E-state index in [1.54, 1.807) is 19.9 Å². The molecule has 25 heavy (non-hydrogen) atoms. The van der Waals surface area contributed by atoms with Gasteiger partial charge in [-0.25, -0.2) is 5.14 Å². The Bertz CT molecular complexity index is 821. The molecule has 0 spiro atoms. The van der Waals surface area contributed by atoms with E-state index in [2.05, 4.69) is 9.88 Å². The molecule has 1 amide bonds. The third-order valence-electron chi connectivity index (χ3n) is 4.29. The molecule has 0 aromatic heterocycles. The third-order valence-corrected chi connectivity index (χ3v) is 4.81. The number of primary amides is 1. The predicted molar refractivity (Wildman–Crippen MR) is 92.0 cm³/mol. The van der Waals surface area contributed by atoms with Gasteiger partial charge in [-0.2, -0.15) is 8.42 Å². The Hall–Kier alpha value is -2.37. The van der Waals surface area contributed by atoms with E-state index < -0.39 is 27.4 Å². The van der Waals surface area contributed by atoms with E-state index in [1.807, 2.05) is 0 Å². The van der Waals surface area contributed by atoms with Gasteiger partial charge in [-0.1, -0.05) is 13.8 Å². The topological polar surface area (TPSA) is 171 Å². The molecule has 1 heterocycles. The molecule has 7 N–H and O–H groups in total. The van der Waals surface area contributed by atoms with Crippen LogP contribution in [0, 0.1) is 5.41 Å². The Kier molecular flexibility index (Phi) is 4.93. The van der Waals surface area contributed by atoms with Gasteiger partial charge in [0.1, 0.15) is 0 Å². The van der Waals surface area contributed by atoms with E-state index in [0.29, 0.717) is 29.8 Å². The summed E-state index contributed by atoms with van der Waals surface area (Å²) in [6.45, 7) is 3.41. The first-order valence-corrected chi connectivity index (χ1v) is 8.93. The Morgan fingerprint density at radius 3 is 2.64 bits per heavy atom. The number of oxime groups is 1. The number of nitrogens with two attached hydrogens (primary N) is 2. The molecular formula is C14H21N5O5S. The smallest absolute Gasteiger partial charge is 0.296 e. The molecule has 1 aliphatic heterocycles. The van der Waals surface area contributed by atoms with Gasteiger partial charge in [0.2, 0.25) is 5.91 Å². The van der Waals surface area contributed by atoms with Crippen LogP contribution in [-0.2, 0) is 21.4 Å². The van der Waals surface area contributed by atoms with E-state index in [0.717, 1.165) is 11.3 Å². The van der Waals surface area contributed by atoms with Crippen LogP contribution >= 0.6 is 0 Å². The van der Waals surface area contributed by atoms with Crippen molar-refractivity contribution in [3.8, 4) is 0 Å². The normalized spacial score (nSPS) is 16.1. The lowest BCUT2D eigenvalue weighted by Crippen LogP contribution is -2.38. The number of hydrogen-bond donors (Lipinski definition) is 5. The average Bonchev–Trinajstić information content (AvgIpc) is 2.83. The first-order chi connectivity index (χ1) is 11.5. The van der Waals surface area contributed by atoms with E-state index in [-0.39, 0.29) is 5.69 Å². The maximum atomic E-state index is 11.9. The lowest BCUT2D eigenvalue weighted by molar-refractivity contribution is -0.126. The van der Waals surface area contributed by atoms with Gasteiger partial charge in [0, 0.05) is 12.5 Å². The Balaban J connectivity index is 2.70. The number of carbonyl (C=O) groups excluding carboxylic acids is 1. The highest BCUT2D eigenvalue weighted by Crippen LogP contribution is 2.43.